The number of aromatic nitrogens is 1. The molecule has 1 aliphatic rings. The number of piperidine rings is 1. The topological polar surface area (TPSA) is 91.8 Å². The minimum atomic E-state index is -1.17. The van der Waals surface area contributed by atoms with Crippen LogP contribution >= 0.6 is 0 Å². The van der Waals surface area contributed by atoms with Crippen LogP contribution in [0.1, 0.15) is 30.3 Å². The number of aromatic carboxylic acids is 1. The van der Waals surface area contributed by atoms with E-state index < -0.39 is 5.97 Å². The van der Waals surface area contributed by atoms with Crippen LogP contribution in [0.5, 0.6) is 0 Å². The van der Waals surface area contributed by atoms with Crippen LogP contribution in [-0.2, 0) is 4.74 Å². The number of carbonyl (C=O) groups excluding carboxylic acids is 1. The smallest absolute Gasteiger partial charge is 0.356 e. The van der Waals surface area contributed by atoms with Crippen molar-refractivity contribution in [2.24, 2.45) is 0 Å². The van der Waals surface area contributed by atoms with Gasteiger partial charge in [-0.2, -0.15) is 0 Å². The number of carboxylic acids is 1. The number of carbonyl (C=O) groups is 2. The number of anilines is 1. The fourth-order valence-corrected chi connectivity index (χ4v) is 2.33. The highest BCUT2D eigenvalue weighted by Crippen LogP contribution is 2.17. The van der Waals surface area contributed by atoms with Crippen molar-refractivity contribution in [1.82, 2.24) is 9.88 Å². The number of hydrogen-bond donors (Lipinski definition) is 2. The number of rotatable bonds is 4. The zero-order valence-electron chi connectivity index (χ0n) is 11.9. The molecule has 0 unspecified atom stereocenters. The minimum Gasteiger partial charge on any atom is -0.476 e. The third-order valence-electron chi connectivity index (χ3n) is 3.38. The zero-order chi connectivity index (χ0) is 15.2. The molecule has 1 aromatic heterocycles. The first-order valence-electron chi connectivity index (χ1n) is 6.97. The Bertz CT molecular complexity index is 513. The van der Waals surface area contributed by atoms with Crippen molar-refractivity contribution in [1.29, 1.82) is 0 Å². The van der Waals surface area contributed by atoms with Gasteiger partial charge in [-0.3, -0.25) is 0 Å². The van der Waals surface area contributed by atoms with Gasteiger partial charge in [0.25, 0.3) is 0 Å². The second-order valence-corrected chi connectivity index (χ2v) is 4.78. The molecule has 0 spiro atoms. The van der Waals surface area contributed by atoms with Crippen LogP contribution in [-0.4, -0.2) is 52.8 Å². The molecular weight excluding hydrogens is 274 g/mol. The van der Waals surface area contributed by atoms with Crippen LogP contribution in [0.25, 0.3) is 0 Å². The van der Waals surface area contributed by atoms with Gasteiger partial charge in [-0.1, -0.05) is 0 Å². The molecule has 2 rings (SSSR count). The van der Waals surface area contributed by atoms with Gasteiger partial charge in [0.2, 0.25) is 0 Å². The number of ether oxygens (including phenoxy) is 1. The summed E-state index contributed by atoms with van der Waals surface area (Å²) in [4.78, 5) is 28.6. The number of amides is 2. The number of likely N-dealkylation sites (tertiary alicyclic amines) is 1. The highest BCUT2D eigenvalue weighted by Gasteiger charge is 2.24. The Kier molecular flexibility index (Phi) is 5.10. The molecular formula is C14H19N3O4. The van der Waals surface area contributed by atoms with Gasteiger partial charge in [-0.25, -0.2) is 14.6 Å². The highest BCUT2D eigenvalue weighted by molar-refractivity contribution is 5.98. The molecule has 0 aromatic carbocycles. The molecule has 2 N–H and O–H groups in total. The van der Waals surface area contributed by atoms with Gasteiger partial charge in [-0.05, 0) is 31.9 Å². The SMILES string of the molecule is CCOC1CCN(C(=O)Nc2cccnc2C(=O)O)CC1. The minimum absolute atomic E-state index is 0.157. The third kappa shape index (κ3) is 3.91. The summed E-state index contributed by atoms with van der Waals surface area (Å²) in [6.45, 7) is 3.82. The summed E-state index contributed by atoms with van der Waals surface area (Å²) in [5.41, 5.74) is 0.0528. The highest BCUT2D eigenvalue weighted by atomic mass is 16.5. The molecule has 0 radical (unpaired) electrons. The average Bonchev–Trinajstić information content (AvgIpc) is 2.48. The molecule has 0 saturated carbocycles. The molecule has 0 aliphatic carbocycles. The second-order valence-electron chi connectivity index (χ2n) is 4.78. The number of urea groups is 1. The van der Waals surface area contributed by atoms with E-state index in [1.165, 1.54) is 12.3 Å². The van der Waals surface area contributed by atoms with E-state index in [1.807, 2.05) is 6.92 Å². The van der Waals surface area contributed by atoms with E-state index in [1.54, 1.807) is 11.0 Å². The van der Waals surface area contributed by atoms with Crippen molar-refractivity contribution in [3.63, 3.8) is 0 Å². The molecule has 114 valence electrons. The van der Waals surface area contributed by atoms with Gasteiger partial charge in [0.1, 0.15) is 0 Å². The first-order chi connectivity index (χ1) is 10.1. The van der Waals surface area contributed by atoms with Crippen LogP contribution in [0, 0.1) is 0 Å². The first-order valence-corrected chi connectivity index (χ1v) is 6.97. The normalized spacial score (nSPS) is 15.8. The summed E-state index contributed by atoms with van der Waals surface area (Å²) in [5.74, 6) is -1.17. The fraction of sp³-hybridized carbons (Fsp3) is 0.500. The Balaban J connectivity index is 1.95. The molecule has 0 bridgehead atoms. The molecule has 7 nitrogen and oxygen atoms in total. The van der Waals surface area contributed by atoms with Crippen LogP contribution in [0.4, 0.5) is 10.5 Å². The van der Waals surface area contributed by atoms with Crippen LogP contribution in [0.2, 0.25) is 0 Å². The number of pyridine rings is 1. The van der Waals surface area contributed by atoms with Gasteiger partial charge >= 0.3 is 12.0 Å². The average molecular weight is 293 g/mol. The standard InChI is InChI=1S/C14H19N3O4/c1-2-21-10-5-8-17(9-6-10)14(20)16-11-4-3-7-15-12(11)13(18)19/h3-4,7,10H,2,5-6,8-9H2,1H3,(H,16,20)(H,18,19). The van der Waals surface area contributed by atoms with Crippen molar-refractivity contribution in [2.45, 2.75) is 25.9 Å². The Labute approximate surface area is 122 Å². The summed E-state index contributed by atoms with van der Waals surface area (Å²) in [7, 11) is 0. The van der Waals surface area contributed by atoms with Crippen molar-refractivity contribution in [3.05, 3.63) is 24.0 Å². The Morgan fingerprint density at radius 3 is 2.81 bits per heavy atom. The van der Waals surface area contributed by atoms with Crippen molar-refractivity contribution >= 4 is 17.7 Å². The fourth-order valence-electron chi connectivity index (χ4n) is 2.33. The second kappa shape index (κ2) is 7.03. The molecule has 21 heavy (non-hydrogen) atoms. The van der Waals surface area contributed by atoms with Crippen molar-refractivity contribution < 1.29 is 19.4 Å². The number of carboxylic acid groups (broad SMARTS) is 1. The third-order valence-corrected chi connectivity index (χ3v) is 3.38. The van der Waals surface area contributed by atoms with Crippen molar-refractivity contribution in [2.75, 3.05) is 25.0 Å². The lowest BCUT2D eigenvalue weighted by Gasteiger charge is -2.31. The predicted octanol–water partition coefficient (Wildman–Crippen LogP) is 1.81. The van der Waals surface area contributed by atoms with Gasteiger partial charge in [0, 0.05) is 25.9 Å². The lowest BCUT2D eigenvalue weighted by molar-refractivity contribution is 0.0232. The van der Waals surface area contributed by atoms with Crippen LogP contribution < -0.4 is 5.32 Å². The Morgan fingerprint density at radius 1 is 1.48 bits per heavy atom. The molecule has 1 aliphatic heterocycles. The summed E-state index contributed by atoms with van der Waals surface area (Å²) in [6.07, 6.45) is 3.17. The molecule has 1 saturated heterocycles. The van der Waals surface area contributed by atoms with Gasteiger partial charge in [0.15, 0.2) is 5.69 Å². The molecule has 1 aromatic rings. The lowest BCUT2D eigenvalue weighted by atomic mass is 10.1. The maximum Gasteiger partial charge on any atom is 0.356 e. The number of nitrogens with one attached hydrogen (secondary N) is 1. The largest absolute Gasteiger partial charge is 0.476 e. The molecule has 1 fully saturated rings. The van der Waals surface area contributed by atoms with Crippen LogP contribution in [0.15, 0.2) is 18.3 Å². The summed E-state index contributed by atoms with van der Waals surface area (Å²) >= 11 is 0. The number of nitrogens with zero attached hydrogens (tertiary/aromatic N) is 2. The first kappa shape index (κ1) is 15.2. The molecule has 2 heterocycles. The van der Waals surface area contributed by atoms with Gasteiger partial charge in [-0.15, -0.1) is 0 Å². The maximum absolute atomic E-state index is 12.2. The van der Waals surface area contributed by atoms with Gasteiger partial charge < -0.3 is 20.1 Å². The molecule has 2 amide bonds. The Hall–Kier alpha value is -2.15. The van der Waals surface area contributed by atoms with E-state index in [-0.39, 0.29) is 23.5 Å². The van der Waals surface area contributed by atoms with Crippen LogP contribution in [0.3, 0.4) is 0 Å². The van der Waals surface area contributed by atoms with E-state index >= 15 is 0 Å². The monoisotopic (exact) mass is 293 g/mol. The Morgan fingerprint density at radius 2 is 2.19 bits per heavy atom. The lowest BCUT2D eigenvalue weighted by Crippen LogP contribution is -2.43. The van der Waals surface area contributed by atoms with Gasteiger partial charge in [0.05, 0.1) is 11.8 Å². The predicted molar refractivity (Wildman–Crippen MR) is 76.4 cm³/mol. The van der Waals surface area contributed by atoms with Crippen molar-refractivity contribution in [3.8, 4) is 0 Å². The summed E-state index contributed by atoms with van der Waals surface area (Å²) in [6, 6.07) is 2.81. The summed E-state index contributed by atoms with van der Waals surface area (Å²) < 4.78 is 5.53. The maximum atomic E-state index is 12.2. The summed E-state index contributed by atoms with van der Waals surface area (Å²) in [5, 5.41) is 11.6. The van der Waals surface area contributed by atoms with E-state index in [2.05, 4.69) is 10.3 Å². The quantitative estimate of drug-likeness (QED) is 0.883. The van der Waals surface area contributed by atoms with E-state index in [0.717, 1.165) is 12.8 Å². The molecule has 7 heteroatoms. The molecule has 0 atom stereocenters. The van der Waals surface area contributed by atoms with E-state index in [9.17, 15) is 9.59 Å². The zero-order valence-corrected chi connectivity index (χ0v) is 11.9. The van der Waals surface area contributed by atoms with E-state index in [4.69, 9.17) is 9.84 Å². The number of hydrogen-bond acceptors (Lipinski definition) is 4. The van der Waals surface area contributed by atoms with E-state index in [0.29, 0.717) is 19.7 Å².